The molecule has 2 aromatic heterocycles. The third-order valence-electron chi connectivity index (χ3n) is 4.80. The molecule has 29 heavy (non-hydrogen) atoms. The van der Waals surface area contributed by atoms with Gasteiger partial charge in [0.25, 0.3) is 0 Å². The first-order chi connectivity index (χ1) is 14.2. The molecule has 0 aliphatic heterocycles. The number of aromatic nitrogens is 7. The molecule has 0 bridgehead atoms. The van der Waals surface area contributed by atoms with Crippen LogP contribution in [0.2, 0.25) is 0 Å². The van der Waals surface area contributed by atoms with Gasteiger partial charge >= 0.3 is 0 Å². The molecule has 3 aromatic rings. The van der Waals surface area contributed by atoms with Crippen LogP contribution in [0.25, 0.3) is 11.4 Å². The lowest BCUT2D eigenvalue weighted by Crippen LogP contribution is -2.25. The number of methoxy groups -OCH3 is 1. The fourth-order valence-electron chi connectivity index (χ4n) is 3.27. The van der Waals surface area contributed by atoms with E-state index in [1.807, 2.05) is 28.9 Å². The maximum Gasteiger partial charge on any atom is 0.230 e. The van der Waals surface area contributed by atoms with Crippen LogP contribution in [0.5, 0.6) is 5.75 Å². The Morgan fingerprint density at radius 2 is 2.10 bits per heavy atom. The van der Waals surface area contributed by atoms with Crippen LogP contribution in [-0.2, 0) is 11.3 Å². The third kappa shape index (κ3) is 4.73. The second-order valence-corrected chi connectivity index (χ2v) is 7.69. The third-order valence-corrected chi connectivity index (χ3v) is 5.73. The van der Waals surface area contributed by atoms with Crippen LogP contribution in [-0.4, -0.2) is 54.2 Å². The minimum atomic E-state index is -0.113. The van der Waals surface area contributed by atoms with E-state index >= 15 is 0 Å². The maximum atomic E-state index is 12.2. The summed E-state index contributed by atoms with van der Waals surface area (Å²) in [6.45, 7) is 0.274. The van der Waals surface area contributed by atoms with Crippen molar-refractivity contribution in [1.82, 2.24) is 40.7 Å². The molecule has 4 rings (SSSR count). The molecule has 0 saturated heterocycles. The number of rotatable bonds is 8. The van der Waals surface area contributed by atoms with E-state index in [0.29, 0.717) is 22.8 Å². The first-order valence-corrected chi connectivity index (χ1v) is 10.4. The SMILES string of the molecule is COc1ccc(-c2n[nH]c(CNC(=O)CSc3nnnn3C3CCCC3)n2)cc1. The summed E-state index contributed by atoms with van der Waals surface area (Å²) in [6, 6.07) is 7.82. The molecule has 0 atom stereocenters. The van der Waals surface area contributed by atoms with Crippen molar-refractivity contribution in [1.29, 1.82) is 0 Å². The van der Waals surface area contributed by atoms with Crippen LogP contribution in [0.3, 0.4) is 0 Å². The molecule has 0 spiro atoms. The Kier molecular flexibility index (Phi) is 6.03. The van der Waals surface area contributed by atoms with Gasteiger partial charge in [0.2, 0.25) is 11.1 Å². The lowest BCUT2D eigenvalue weighted by molar-refractivity contribution is -0.118. The second kappa shape index (κ2) is 9.03. The van der Waals surface area contributed by atoms with Gasteiger partial charge in [-0.3, -0.25) is 9.89 Å². The predicted molar refractivity (Wildman–Crippen MR) is 106 cm³/mol. The summed E-state index contributed by atoms with van der Waals surface area (Å²) in [7, 11) is 1.62. The first-order valence-electron chi connectivity index (χ1n) is 9.46. The topological polar surface area (TPSA) is 123 Å². The largest absolute Gasteiger partial charge is 0.497 e. The summed E-state index contributed by atoms with van der Waals surface area (Å²) in [5.74, 6) is 2.06. The summed E-state index contributed by atoms with van der Waals surface area (Å²) in [5, 5.41) is 22.5. The van der Waals surface area contributed by atoms with E-state index in [9.17, 15) is 4.79 Å². The number of nitrogens with zero attached hydrogens (tertiary/aromatic N) is 6. The van der Waals surface area contributed by atoms with E-state index in [2.05, 4.69) is 36.0 Å². The highest BCUT2D eigenvalue weighted by Crippen LogP contribution is 2.31. The van der Waals surface area contributed by atoms with E-state index in [-0.39, 0.29) is 18.2 Å². The normalized spacial score (nSPS) is 14.2. The molecule has 1 fully saturated rings. The number of hydrogen-bond donors (Lipinski definition) is 2. The van der Waals surface area contributed by atoms with E-state index in [1.165, 1.54) is 24.6 Å². The number of benzene rings is 1. The zero-order chi connectivity index (χ0) is 20.1. The molecule has 152 valence electrons. The Bertz CT molecular complexity index is 949. The van der Waals surface area contributed by atoms with Gasteiger partial charge in [0.05, 0.1) is 25.4 Å². The van der Waals surface area contributed by atoms with Gasteiger partial charge in [-0.05, 0) is 47.5 Å². The number of ether oxygens (including phenoxy) is 1. The molecule has 1 saturated carbocycles. The van der Waals surface area contributed by atoms with Gasteiger partial charge in [-0.15, -0.1) is 5.10 Å². The molecule has 0 unspecified atom stereocenters. The van der Waals surface area contributed by atoms with Crippen LogP contribution < -0.4 is 10.1 Å². The number of nitrogens with one attached hydrogen (secondary N) is 2. The van der Waals surface area contributed by atoms with Crippen LogP contribution in [0.1, 0.15) is 37.5 Å². The fraction of sp³-hybridized carbons (Fsp3) is 0.444. The van der Waals surface area contributed by atoms with Crippen molar-refractivity contribution in [3.05, 3.63) is 30.1 Å². The Morgan fingerprint density at radius 1 is 1.31 bits per heavy atom. The number of carbonyl (C=O) groups is 1. The fourth-order valence-corrected chi connectivity index (χ4v) is 4.04. The molecule has 10 nitrogen and oxygen atoms in total. The molecular formula is C18H22N8O2S. The Labute approximate surface area is 171 Å². The van der Waals surface area contributed by atoms with Crippen LogP contribution in [0, 0.1) is 0 Å². The zero-order valence-corrected chi connectivity index (χ0v) is 16.9. The predicted octanol–water partition coefficient (Wildman–Crippen LogP) is 1.99. The van der Waals surface area contributed by atoms with E-state index in [1.54, 1.807) is 7.11 Å². The number of aromatic amines is 1. The molecule has 1 aromatic carbocycles. The first kappa shape index (κ1) is 19.4. The van der Waals surface area contributed by atoms with Gasteiger partial charge in [-0.2, -0.15) is 5.10 Å². The molecule has 1 amide bonds. The minimum absolute atomic E-state index is 0.113. The summed E-state index contributed by atoms with van der Waals surface area (Å²) in [5.41, 5.74) is 0.869. The standard InChI is InChI=1S/C18H22N8O2S/c1-28-14-8-6-12(7-9-14)17-20-15(21-22-17)10-19-16(27)11-29-18-23-24-25-26(18)13-4-2-3-5-13/h6-9,13H,2-5,10-11H2,1H3,(H,19,27)(H,20,21,22). The average Bonchev–Trinajstić information content (AvgIpc) is 3.52. The Morgan fingerprint density at radius 3 is 2.86 bits per heavy atom. The average molecular weight is 414 g/mol. The molecule has 1 aliphatic carbocycles. The van der Waals surface area contributed by atoms with Crippen molar-refractivity contribution in [2.45, 2.75) is 43.4 Å². The molecule has 1 aliphatic rings. The second-order valence-electron chi connectivity index (χ2n) is 6.74. The van der Waals surface area contributed by atoms with Gasteiger partial charge in [0, 0.05) is 5.56 Å². The quantitative estimate of drug-likeness (QED) is 0.536. The van der Waals surface area contributed by atoms with E-state index in [4.69, 9.17) is 4.74 Å². The van der Waals surface area contributed by atoms with Gasteiger partial charge in [0.15, 0.2) is 5.82 Å². The number of amides is 1. The van der Waals surface area contributed by atoms with E-state index < -0.39 is 0 Å². The van der Waals surface area contributed by atoms with Gasteiger partial charge < -0.3 is 10.1 Å². The maximum absolute atomic E-state index is 12.2. The monoisotopic (exact) mass is 414 g/mol. The summed E-state index contributed by atoms with van der Waals surface area (Å²) >= 11 is 1.35. The highest BCUT2D eigenvalue weighted by molar-refractivity contribution is 7.99. The van der Waals surface area contributed by atoms with Crippen molar-refractivity contribution in [2.24, 2.45) is 0 Å². The lowest BCUT2D eigenvalue weighted by atomic mass is 10.2. The summed E-state index contributed by atoms with van der Waals surface area (Å²) < 4.78 is 7.00. The van der Waals surface area contributed by atoms with Crippen molar-refractivity contribution < 1.29 is 9.53 Å². The van der Waals surface area contributed by atoms with Crippen molar-refractivity contribution in [3.63, 3.8) is 0 Å². The van der Waals surface area contributed by atoms with Crippen molar-refractivity contribution in [3.8, 4) is 17.1 Å². The number of hydrogen-bond acceptors (Lipinski definition) is 8. The molecular weight excluding hydrogens is 392 g/mol. The molecule has 0 radical (unpaired) electrons. The van der Waals surface area contributed by atoms with E-state index in [0.717, 1.165) is 24.2 Å². The van der Waals surface area contributed by atoms with Crippen LogP contribution >= 0.6 is 11.8 Å². The van der Waals surface area contributed by atoms with Gasteiger partial charge in [0.1, 0.15) is 11.6 Å². The summed E-state index contributed by atoms with van der Waals surface area (Å²) in [6.07, 6.45) is 4.58. The highest BCUT2D eigenvalue weighted by atomic mass is 32.2. The minimum Gasteiger partial charge on any atom is -0.497 e. The van der Waals surface area contributed by atoms with Gasteiger partial charge in [-0.1, -0.05) is 24.6 Å². The van der Waals surface area contributed by atoms with Crippen molar-refractivity contribution >= 4 is 17.7 Å². The van der Waals surface area contributed by atoms with Crippen LogP contribution in [0.15, 0.2) is 29.4 Å². The summed E-state index contributed by atoms with van der Waals surface area (Å²) in [4.78, 5) is 16.6. The number of tetrazole rings is 1. The van der Waals surface area contributed by atoms with Crippen molar-refractivity contribution in [2.75, 3.05) is 12.9 Å². The molecule has 2 N–H and O–H groups in total. The molecule has 11 heteroatoms. The Hall–Kier alpha value is -2.95. The smallest absolute Gasteiger partial charge is 0.230 e. The van der Waals surface area contributed by atoms with Crippen LogP contribution in [0.4, 0.5) is 0 Å². The number of carbonyl (C=O) groups excluding carboxylic acids is 1. The highest BCUT2D eigenvalue weighted by Gasteiger charge is 2.22. The number of thioether (sulfide) groups is 1. The lowest BCUT2D eigenvalue weighted by Gasteiger charge is -2.10. The zero-order valence-electron chi connectivity index (χ0n) is 16.0. The molecule has 2 heterocycles. The van der Waals surface area contributed by atoms with Gasteiger partial charge in [-0.25, -0.2) is 9.67 Å². The Balaban J connectivity index is 1.27. The number of H-pyrrole nitrogens is 1.